The molecule has 0 bridgehead atoms. The predicted molar refractivity (Wildman–Crippen MR) is 104 cm³/mol. The minimum absolute atomic E-state index is 0.00817. The zero-order valence-electron chi connectivity index (χ0n) is 15.8. The van der Waals surface area contributed by atoms with Gasteiger partial charge < -0.3 is 10.2 Å². The lowest BCUT2D eigenvalue weighted by Gasteiger charge is -2.32. The van der Waals surface area contributed by atoms with E-state index >= 15 is 0 Å². The second-order valence-electron chi connectivity index (χ2n) is 7.74. The van der Waals surface area contributed by atoms with Crippen molar-refractivity contribution < 1.29 is 9.59 Å². The summed E-state index contributed by atoms with van der Waals surface area (Å²) in [6.45, 7) is 1.60. The molecule has 1 aromatic carbocycles. The van der Waals surface area contributed by atoms with Crippen LogP contribution in [0.1, 0.15) is 63.4 Å². The minimum atomic E-state index is -0.00817. The molecule has 3 rings (SSSR count). The Labute approximate surface area is 157 Å². The van der Waals surface area contributed by atoms with Crippen LogP contribution in [0.15, 0.2) is 30.3 Å². The summed E-state index contributed by atoms with van der Waals surface area (Å²) in [6, 6.07) is 10.5. The Balaban J connectivity index is 1.61. The molecule has 2 fully saturated rings. The Bertz CT molecular complexity index is 587. The number of carbonyl (C=O) groups is 2. The molecule has 1 saturated carbocycles. The summed E-state index contributed by atoms with van der Waals surface area (Å²) in [5.74, 6) is 0.396. The van der Waals surface area contributed by atoms with E-state index < -0.39 is 0 Å². The molecular formula is C22H32N2O2. The normalized spacial score (nSPS) is 24.5. The Morgan fingerprint density at radius 1 is 1.04 bits per heavy atom. The molecule has 1 heterocycles. The van der Waals surface area contributed by atoms with Crippen LogP contribution in [0.5, 0.6) is 0 Å². The van der Waals surface area contributed by atoms with E-state index in [0.717, 1.165) is 70.9 Å². The summed E-state index contributed by atoms with van der Waals surface area (Å²) < 4.78 is 0. The molecule has 0 unspecified atom stereocenters. The van der Waals surface area contributed by atoms with Gasteiger partial charge in [-0.3, -0.25) is 9.59 Å². The number of hydrogen-bond donors (Lipinski definition) is 1. The summed E-state index contributed by atoms with van der Waals surface area (Å²) in [4.78, 5) is 27.6. The fourth-order valence-electron chi connectivity index (χ4n) is 4.43. The van der Waals surface area contributed by atoms with E-state index in [2.05, 4.69) is 22.3 Å². The van der Waals surface area contributed by atoms with Crippen molar-refractivity contribution in [3.8, 4) is 0 Å². The number of nitrogens with one attached hydrogen (secondary N) is 1. The van der Waals surface area contributed by atoms with Gasteiger partial charge in [0.05, 0.1) is 5.92 Å². The van der Waals surface area contributed by atoms with Crippen molar-refractivity contribution >= 4 is 11.8 Å². The van der Waals surface area contributed by atoms with Crippen molar-refractivity contribution in [3.05, 3.63) is 35.9 Å². The molecule has 2 amide bonds. The molecule has 1 N–H and O–H groups in total. The van der Waals surface area contributed by atoms with Crippen molar-refractivity contribution in [3.63, 3.8) is 0 Å². The molecule has 0 spiro atoms. The van der Waals surface area contributed by atoms with Crippen LogP contribution in [-0.2, 0) is 16.0 Å². The number of rotatable bonds is 4. The molecule has 1 aliphatic heterocycles. The quantitative estimate of drug-likeness (QED) is 0.894. The third-order valence-electron chi connectivity index (χ3n) is 5.86. The van der Waals surface area contributed by atoms with Crippen molar-refractivity contribution in [1.82, 2.24) is 10.2 Å². The number of hydrogen-bond acceptors (Lipinski definition) is 2. The first-order valence-corrected chi connectivity index (χ1v) is 10.4. The van der Waals surface area contributed by atoms with Gasteiger partial charge in [-0.25, -0.2) is 0 Å². The number of nitrogens with zero attached hydrogens (tertiary/aromatic N) is 1. The Kier molecular flexibility index (Phi) is 7.10. The monoisotopic (exact) mass is 356 g/mol. The van der Waals surface area contributed by atoms with E-state index in [1.807, 2.05) is 18.2 Å². The van der Waals surface area contributed by atoms with Gasteiger partial charge >= 0.3 is 0 Å². The van der Waals surface area contributed by atoms with E-state index in [4.69, 9.17) is 0 Å². The molecule has 142 valence electrons. The first-order chi connectivity index (χ1) is 12.8. The van der Waals surface area contributed by atoms with Gasteiger partial charge in [0.1, 0.15) is 0 Å². The Morgan fingerprint density at radius 3 is 2.69 bits per heavy atom. The molecule has 26 heavy (non-hydrogen) atoms. The highest BCUT2D eigenvalue weighted by atomic mass is 16.2. The van der Waals surface area contributed by atoms with Crippen LogP contribution in [0, 0.1) is 5.92 Å². The smallest absolute Gasteiger partial charge is 0.225 e. The average molecular weight is 357 g/mol. The van der Waals surface area contributed by atoms with E-state index in [1.54, 1.807) is 0 Å². The van der Waals surface area contributed by atoms with Crippen LogP contribution < -0.4 is 5.32 Å². The summed E-state index contributed by atoms with van der Waals surface area (Å²) in [7, 11) is 0. The van der Waals surface area contributed by atoms with Crippen LogP contribution >= 0.6 is 0 Å². The molecule has 1 saturated heterocycles. The zero-order valence-corrected chi connectivity index (χ0v) is 15.8. The third-order valence-corrected chi connectivity index (χ3v) is 5.86. The largest absolute Gasteiger partial charge is 0.356 e. The molecular weight excluding hydrogens is 324 g/mol. The van der Waals surface area contributed by atoms with Crippen molar-refractivity contribution in [1.29, 1.82) is 0 Å². The predicted octanol–water partition coefficient (Wildman–Crippen LogP) is 3.70. The number of amides is 2. The molecule has 0 aromatic heterocycles. The first-order valence-electron chi connectivity index (χ1n) is 10.4. The summed E-state index contributed by atoms with van der Waals surface area (Å²) in [6.07, 6.45) is 9.73. The third kappa shape index (κ3) is 5.09. The molecule has 1 aromatic rings. The van der Waals surface area contributed by atoms with Gasteiger partial charge in [-0.05, 0) is 44.1 Å². The lowest BCUT2D eigenvalue weighted by Crippen LogP contribution is -2.47. The second kappa shape index (κ2) is 9.75. The van der Waals surface area contributed by atoms with Gasteiger partial charge in [0, 0.05) is 25.6 Å². The van der Waals surface area contributed by atoms with E-state index in [-0.39, 0.29) is 23.8 Å². The van der Waals surface area contributed by atoms with Crippen LogP contribution in [0.4, 0.5) is 0 Å². The molecule has 2 atom stereocenters. The maximum Gasteiger partial charge on any atom is 0.225 e. The molecule has 4 nitrogen and oxygen atoms in total. The maximum absolute atomic E-state index is 13.0. The Morgan fingerprint density at radius 2 is 1.85 bits per heavy atom. The number of fused-ring (bicyclic) bond motifs is 1. The fourth-order valence-corrected chi connectivity index (χ4v) is 4.43. The SMILES string of the molecule is O=C1NCCCCCCN(C(=O)CCCc2ccccc2)[C@H]2CCC[C@@H]12. The highest BCUT2D eigenvalue weighted by Crippen LogP contribution is 2.31. The number of carbonyl (C=O) groups excluding carboxylic acids is 2. The molecule has 2 aliphatic rings. The van der Waals surface area contributed by atoms with Gasteiger partial charge in [-0.15, -0.1) is 0 Å². The Hall–Kier alpha value is -1.84. The van der Waals surface area contributed by atoms with Crippen LogP contribution in [0.3, 0.4) is 0 Å². The van der Waals surface area contributed by atoms with Gasteiger partial charge in [0.25, 0.3) is 0 Å². The van der Waals surface area contributed by atoms with Crippen LogP contribution in [0.25, 0.3) is 0 Å². The molecule has 1 aliphatic carbocycles. The lowest BCUT2D eigenvalue weighted by molar-refractivity contribution is -0.136. The van der Waals surface area contributed by atoms with E-state index in [1.165, 1.54) is 5.56 Å². The van der Waals surface area contributed by atoms with Crippen LogP contribution in [0.2, 0.25) is 0 Å². The molecule has 4 heteroatoms. The van der Waals surface area contributed by atoms with Crippen molar-refractivity contribution in [2.45, 2.75) is 70.3 Å². The van der Waals surface area contributed by atoms with Gasteiger partial charge in [0.15, 0.2) is 0 Å². The van der Waals surface area contributed by atoms with Crippen LogP contribution in [-0.4, -0.2) is 35.8 Å². The number of aryl methyl sites for hydroxylation is 1. The van der Waals surface area contributed by atoms with Gasteiger partial charge in [-0.2, -0.15) is 0 Å². The summed E-state index contributed by atoms with van der Waals surface area (Å²) in [5.41, 5.74) is 1.29. The minimum Gasteiger partial charge on any atom is -0.356 e. The average Bonchev–Trinajstić information content (AvgIpc) is 3.12. The second-order valence-corrected chi connectivity index (χ2v) is 7.74. The van der Waals surface area contributed by atoms with E-state index in [0.29, 0.717) is 6.42 Å². The first kappa shape index (κ1) is 18.9. The van der Waals surface area contributed by atoms with Gasteiger partial charge in [0.2, 0.25) is 11.8 Å². The summed E-state index contributed by atoms with van der Waals surface area (Å²) >= 11 is 0. The summed E-state index contributed by atoms with van der Waals surface area (Å²) in [5, 5.41) is 3.10. The van der Waals surface area contributed by atoms with Gasteiger partial charge in [-0.1, -0.05) is 49.6 Å². The molecule has 0 radical (unpaired) electrons. The highest BCUT2D eigenvalue weighted by molar-refractivity contribution is 5.82. The maximum atomic E-state index is 13.0. The highest BCUT2D eigenvalue weighted by Gasteiger charge is 2.38. The standard InChI is InChI=1S/C22H32N2O2/c25-21(15-8-12-18-10-4-3-5-11-18)24-17-7-2-1-6-16-23-22(26)19-13-9-14-20(19)24/h3-5,10-11,19-20H,1-2,6-9,12-17H2,(H,23,26)/t19-,20+/m1/s1. The lowest BCUT2D eigenvalue weighted by atomic mass is 9.99. The van der Waals surface area contributed by atoms with Crippen molar-refractivity contribution in [2.75, 3.05) is 13.1 Å². The fraction of sp³-hybridized carbons (Fsp3) is 0.636. The zero-order chi connectivity index (χ0) is 18.2. The topological polar surface area (TPSA) is 49.4 Å². The van der Waals surface area contributed by atoms with Crippen molar-refractivity contribution in [2.24, 2.45) is 5.92 Å². The van der Waals surface area contributed by atoms with E-state index in [9.17, 15) is 9.59 Å². The number of benzene rings is 1.